The molecular formula is C11H12N4. The fraction of sp³-hybridized carbons (Fsp3) is 0.0909. The molecule has 4 N–H and O–H groups in total. The first kappa shape index (κ1) is 9.45. The minimum Gasteiger partial charge on any atom is -0.384 e. The van der Waals surface area contributed by atoms with Crippen LogP contribution >= 0.6 is 0 Å². The van der Waals surface area contributed by atoms with Gasteiger partial charge in [0, 0.05) is 11.6 Å². The van der Waals surface area contributed by atoms with E-state index in [0.717, 1.165) is 11.3 Å². The number of nitrogen functional groups attached to an aromatic ring is 2. The lowest BCUT2D eigenvalue weighted by molar-refractivity contribution is 1.20. The van der Waals surface area contributed by atoms with Gasteiger partial charge < -0.3 is 11.5 Å². The van der Waals surface area contributed by atoms with Gasteiger partial charge in [-0.1, -0.05) is 29.8 Å². The van der Waals surface area contributed by atoms with Crippen LogP contribution in [-0.2, 0) is 0 Å². The molecule has 0 aliphatic heterocycles. The molecule has 0 unspecified atom stereocenters. The highest BCUT2D eigenvalue weighted by atomic mass is 15.0. The Morgan fingerprint density at radius 2 is 1.67 bits per heavy atom. The van der Waals surface area contributed by atoms with Crippen LogP contribution in [0.1, 0.15) is 5.56 Å². The molecule has 0 fully saturated rings. The maximum atomic E-state index is 5.60. The zero-order chi connectivity index (χ0) is 10.8. The van der Waals surface area contributed by atoms with E-state index in [0.29, 0.717) is 5.82 Å². The third kappa shape index (κ3) is 2.04. The maximum Gasteiger partial charge on any atom is 0.222 e. The summed E-state index contributed by atoms with van der Waals surface area (Å²) in [5, 5.41) is 0. The van der Waals surface area contributed by atoms with Gasteiger partial charge in [0.25, 0.3) is 0 Å². The SMILES string of the molecule is Cc1ccc(-c2cc(N)nc(N)n2)cc1. The highest BCUT2D eigenvalue weighted by molar-refractivity contribution is 5.63. The Morgan fingerprint density at radius 1 is 1.00 bits per heavy atom. The predicted molar refractivity (Wildman–Crippen MR) is 61.0 cm³/mol. The van der Waals surface area contributed by atoms with Crippen molar-refractivity contribution in [2.24, 2.45) is 0 Å². The van der Waals surface area contributed by atoms with Gasteiger partial charge in [-0.05, 0) is 6.92 Å². The molecule has 0 atom stereocenters. The Balaban J connectivity index is 2.49. The third-order valence-electron chi connectivity index (χ3n) is 2.11. The minimum atomic E-state index is 0.200. The number of benzene rings is 1. The molecule has 4 heteroatoms. The normalized spacial score (nSPS) is 10.2. The molecule has 76 valence electrons. The molecule has 0 amide bonds. The molecule has 4 nitrogen and oxygen atoms in total. The van der Waals surface area contributed by atoms with Crippen molar-refractivity contribution < 1.29 is 0 Å². The van der Waals surface area contributed by atoms with Gasteiger partial charge in [0.1, 0.15) is 5.82 Å². The van der Waals surface area contributed by atoms with Gasteiger partial charge >= 0.3 is 0 Å². The molecule has 2 aromatic rings. The van der Waals surface area contributed by atoms with Crippen molar-refractivity contribution in [2.45, 2.75) is 6.92 Å². The lowest BCUT2D eigenvalue weighted by Gasteiger charge is -2.03. The van der Waals surface area contributed by atoms with Crippen molar-refractivity contribution in [2.75, 3.05) is 11.5 Å². The first-order chi connectivity index (χ1) is 7.15. The van der Waals surface area contributed by atoms with Crippen LogP contribution in [-0.4, -0.2) is 9.97 Å². The Bertz CT molecular complexity index is 456. The van der Waals surface area contributed by atoms with Crippen LogP contribution in [0.2, 0.25) is 0 Å². The Morgan fingerprint density at radius 3 is 2.27 bits per heavy atom. The molecule has 2 rings (SSSR count). The summed E-state index contributed by atoms with van der Waals surface area (Å²) in [6.07, 6.45) is 0. The van der Waals surface area contributed by atoms with Crippen molar-refractivity contribution in [3.8, 4) is 11.3 Å². The summed E-state index contributed by atoms with van der Waals surface area (Å²) < 4.78 is 0. The monoisotopic (exact) mass is 200 g/mol. The summed E-state index contributed by atoms with van der Waals surface area (Å²) in [4.78, 5) is 7.94. The molecule has 15 heavy (non-hydrogen) atoms. The second-order valence-corrected chi connectivity index (χ2v) is 3.40. The molecule has 0 bridgehead atoms. The highest BCUT2D eigenvalue weighted by Gasteiger charge is 2.02. The number of hydrogen-bond donors (Lipinski definition) is 2. The summed E-state index contributed by atoms with van der Waals surface area (Å²) >= 11 is 0. The van der Waals surface area contributed by atoms with Crippen LogP contribution in [0.4, 0.5) is 11.8 Å². The van der Waals surface area contributed by atoms with Gasteiger partial charge in [-0.3, -0.25) is 0 Å². The molecule has 1 heterocycles. The van der Waals surface area contributed by atoms with Crippen LogP contribution in [0.15, 0.2) is 30.3 Å². The zero-order valence-electron chi connectivity index (χ0n) is 8.44. The Hall–Kier alpha value is -2.10. The highest BCUT2D eigenvalue weighted by Crippen LogP contribution is 2.19. The van der Waals surface area contributed by atoms with E-state index in [9.17, 15) is 0 Å². The lowest BCUT2D eigenvalue weighted by atomic mass is 10.1. The Kier molecular flexibility index (Phi) is 2.25. The second-order valence-electron chi connectivity index (χ2n) is 3.40. The van der Waals surface area contributed by atoms with Crippen LogP contribution in [0.3, 0.4) is 0 Å². The number of aryl methyl sites for hydroxylation is 1. The van der Waals surface area contributed by atoms with Gasteiger partial charge in [0.2, 0.25) is 5.95 Å². The summed E-state index contributed by atoms with van der Waals surface area (Å²) in [6.45, 7) is 2.03. The number of aromatic nitrogens is 2. The predicted octanol–water partition coefficient (Wildman–Crippen LogP) is 1.62. The van der Waals surface area contributed by atoms with Crippen LogP contribution < -0.4 is 11.5 Å². The minimum absolute atomic E-state index is 0.200. The van der Waals surface area contributed by atoms with Crippen molar-refractivity contribution in [1.29, 1.82) is 0 Å². The van der Waals surface area contributed by atoms with E-state index >= 15 is 0 Å². The molecular weight excluding hydrogens is 188 g/mol. The van der Waals surface area contributed by atoms with Crippen molar-refractivity contribution >= 4 is 11.8 Å². The topological polar surface area (TPSA) is 77.8 Å². The van der Waals surface area contributed by atoms with Crippen molar-refractivity contribution in [3.63, 3.8) is 0 Å². The van der Waals surface area contributed by atoms with E-state index in [1.165, 1.54) is 5.56 Å². The smallest absolute Gasteiger partial charge is 0.222 e. The number of nitrogens with two attached hydrogens (primary N) is 2. The lowest BCUT2D eigenvalue weighted by Crippen LogP contribution is -2.00. The van der Waals surface area contributed by atoms with E-state index in [1.807, 2.05) is 31.2 Å². The number of hydrogen-bond acceptors (Lipinski definition) is 4. The summed E-state index contributed by atoms with van der Waals surface area (Å²) in [6, 6.07) is 9.71. The van der Waals surface area contributed by atoms with Crippen molar-refractivity contribution in [3.05, 3.63) is 35.9 Å². The molecule has 0 aliphatic rings. The van der Waals surface area contributed by atoms with E-state index in [1.54, 1.807) is 6.07 Å². The van der Waals surface area contributed by atoms with Crippen LogP contribution in [0.25, 0.3) is 11.3 Å². The number of nitrogens with zero attached hydrogens (tertiary/aromatic N) is 2. The molecule has 0 saturated carbocycles. The second kappa shape index (κ2) is 3.57. The fourth-order valence-corrected chi connectivity index (χ4v) is 1.36. The Labute approximate surface area is 88.0 Å². The summed E-state index contributed by atoms with van der Waals surface area (Å²) in [7, 11) is 0. The first-order valence-corrected chi connectivity index (χ1v) is 4.62. The maximum absolute atomic E-state index is 5.60. The summed E-state index contributed by atoms with van der Waals surface area (Å²) in [5.74, 6) is 0.587. The van der Waals surface area contributed by atoms with E-state index in [4.69, 9.17) is 11.5 Å². The van der Waals surface area contributed by atoms with Gasteiger partial charge in [-0.25, -0.2) is 4.98 Å². The number of rotatable bonds is 1. The molecule has 0 aliphatic carbocycles. The molecule has 0 saturated heterocycles. The largest absolute Gasteiger partial charge is 0.384 e. The summed E-state index contributed by atoms with van der Waals surface area (Å²) in [5.41, 5.74) is 14.1. The standard InChI is InChI=1S/C11H12N4/c1-7-2-4-8(5-3-7)9-6-10(12)15-11(13)14-9/h2-6H,1H3,(H4,12,13,14,15). The average molecular weight is 200 g/mol. The van der Waals surface area contributed by atoms with Gasteiger partial charge in [-0.15, -0.1) is 0 Å². The van der Waals surface area contributed by atoms with Gasteiger partial charge in [-0.2, -0.15) is 4.98 Å². The molecule has 0 spiro atoms. The third-order valence-corrected chi connectivity index (χ3v) is 2.11. The van der Waals surface area contributed by atoms with E-state index in [-0.39, 0.29) is 5.95 Å². The van der Waals surface area contributed by atoms with E-state index in [2.05, 4.69) is 9.97 Å². The molecule has 1 aromatic heterocycles. The van der Waals surface area contributed by atoms with E-state index < -0.39 is 0 Å². The first-order valence-electron chi connectivity index (χ1n) is 4.62. The number of anilines is 2. The zero-order valence-corrected chi connectivity index (χ0v) is 8.44. The molecule has 0 radical (unpaired) electrons. The average Bonchev–Trinajstić information content (AvgIpc) is 2.17. The fourth-order valence-electron chi connectivity index (χ4n) is 1.36. The van der Waals surface area contributed by atoms with Gasteiger partial charge in [0.05, 0.1) is 5.69 Å². The van der Waals surface area contributed by atoms with Crippen LogP contribution in [0, 0.1) is 6.92 Å². The van der Waals surface area contributed by atoms with Crippen molar-refractivity contribution in [1.82, 2.24) is 9.97 Å². The van der Waals surface area contributed by atoms with Gasteiger partial charge in [0.15, 0.2) is 0 Å². The van der Waals surface area contributed by atoms with Crippen LogP contribution in [0.5, 0.6) is 0 Å². The quantitative estimate of drug-likeness (QED) is 0.733. The molecule has 1 aromatic carbocycles.